The molecule has 2 atom stereocenters. The zero-order valence-corrected chi connectivity index (χ0v) is 12.2. The molecule has 0 radical (unpaired) electrons. The Bertz CT molecular complexity index is 457. The number of amides is 1. The summed E-state index contributed by atoms with van der Waals surface area (Å²) in [5.74, 6) is -5.54. The minimum absolute atomic E-state index is 0.165. The Morgan fingerprint density at radius 1 is 1.43 bits per heavy atom. The molecular weight excluding hydrogens is 282 g/mol. The summed E-state index contributed by atoms with van der Waals surface area (Å²) in [6.45, 7) is 0. The normalized spacial score (nSPS) is 14.6. The van der Waals surface area contributed by atoms with E-state index in [2.05, 4.69) is 10.2 Å². The fourth-order valence-corrected chi connectivity index (χ4v) is 1.91. The molecule has 2 N–H and O–H groups in total. The van der Waals surface area contributed by atoms with E-state index in [1.165, 1.54) is 7.05 Å². The summed E-state index contributed by atoms with van der Waals surface area (Å²) in [5, 5.41) is 12.9. The summed E-state index contributed by atoms with van der Waals surface area (Å²) in [6.07, 6.45) is -2.01. The highest BCUT2D eigenvalue weighted by molar-refractivity contribution is 5.83. The number of halogens is 2. The smallest absolute Gasteiger partial charge is 0.353 e. The van der Waals surface area contributed by atoms with Crippen molar-refractivity contribution in [3.8, 4) is 0 Å². The van der Waals surface area contributed by atoms with Crippen molar-refractivity contribution in [2.75, 3.05) is 21.2 Å². The van der Waals surface area contributed by atoms with Gasteiger partial charge in [-0.2, -0.15) is 8.78 Å². The minimum atomic E-state index is -3.95. The molecule has 0 aromatic heterocycles. The van der Waals surface area contributed by atoms with Crippen LogP contribution in [0.3, 0.4) is 0 Å². The molecule has 0 saturated carbocycles. The molecular formula is C14H20F2N2O3. The van der Waals surface area contributed by atoms with Crippen molar-refractivity contribution in [1.29, 1.82) is 0 Å². The van der Waals surface area contributed by atoms with E-state index in [1.807, 2.05) is 0 Å². The summed E-state index contributed by atoms with van der Waals surface area (Å²) in [4.78, 5) is 16.0. The number of alkyl halides is 2. The molecule has 1 amide bonds. The number of nitrogens with one attached hydrogen (secondary N) is 1. The highest BCUT2D eigenvalue weighted by Gasteiger charge is 2.51. The van der Waals surface area contributed by atoms with Gasteiger partial charge in [0.2, 0.25) is 0 Å². The van der Waals surface area contributed by atoms with Gasteiger partial charge in [0, 0.05) is 13.1 Å². The van der Waals surface area contributed by atoms with Gasteiger partial charge in [0.1, 0.15) is 6.10 Å². The Balaban J connectivity index is 2.86. The van der Waals surface area contributed by atoms with Crippen molar-refractivity contribution in [2.24, 2.45) is 0 Å². The van der Waals surface area contributed by atoms with Gasteiger partial charge in [-0.25, -0.2) is 5.06 Å². The molecule has 0 aliphatic rings. The molecule has 1 aromatic rings. The van der Waals surface area contributed by atoms with E-state index in [1.54, 1.807) is 30.3 Å². The van der Waals surface area contributed by atoms with E-state index in [-0.39, 0.29) is 6.42 Å². The van der Waals surface area contributed by atoms with E-state index in [9.17, 15) is 18.7 Å². The molecule has 0 aliphatic heterocycles. The molecule has 0 heterocycles. The van der Waals surface area contributed by atoms with Crippen LogP contribution in [0.15, 0.2) is 30.3 Å². The molecule has 0 fully saturated rings. The van der Waals surface area contributed by atoms with Gasteiger partial charge in [-0.3, -0.25) is 9.63 Å². The maximum Gasteiger partial charge on any atom is 0.353 e. The van der Waals surface area contributed by atoms with Crippen LogP contribution < -0.4 is 5.32 Å². The number of hydroxylamine groups is 2. The van der Waals surface area contributed by atoms with E-state index >= 15 is 0 Å². The summed E-state index contributed by atoms with van der Waals surface area (Å²) < 4.78 is 28.1. The average Bonchev–Trinajstić information content (AvgIpc) is 2.51. The first-order valence-electron chi connectivity index (χ1n) is 6.44. The number of carbonyl (C=O) groups excluding carboxylic acids is 1. The lowest BCUT2D eigenvalue weighted by Crippen LogP contribution is -2.56. The lowest BCUT2D eigenvalue weighted by atomic mass is 9.97. The second kappa shape index (κ2) is 7.44. The first-order valence-corrected chi connectivity index (χ1v) is 6.44. The second-order valence-electron chi connectivity index (χ2n) is 4.64. The molecule has 0 saturated heterocycles. The SMILES string of the molecule is CN[C@@H](Cc1ccccc1)C(O)C(F)(F)C(=O)N(C)OC. The molecule has 0 bridgehead atoms. The van der Waals surface area contributed by atoms with Crippen molar-refractivity contribution in [2.45, 2.75) is 24.5 Å². The number of rotatable bonds is 7. The molecule has 1 unspecified atom stereocenters. The van der Waals surface area contributed by atoms with E-state index < -0.39 is 24.0 Å². The monoisotopic (exact) mass is 302 g/mol. The maximum absolute atomic E-state index is 14.0. The van der Waals surface area contributed by atoms with Gasteiger partial charge in [0.05, 0.1) is 7.11 Å². The zero-order valence-electron chi connectivity index (χ0n) is 12.2. The molecule has 118 valence electrons. The van der Waals surface area contributed by atoms with Crippen LogP contribution in [0.4, 0.5) is 8.78 Å². The minimum Gasteiger partial charge on any atom is -0.385 e. The topological polar surface area (TPSA) is 61.8 Å². The molecule has 0 aliphatic carbocycles. The highest BCUT2D eigenvalue weighted by atomic mass is 19.3. The number of hydrogen-bond donors (Lipinski definition) is 2. The summed E-state index contributed by atoms with van der Waals surface area (Å²) >= 11 is 0. The summed E-state index contributed by atoms with van der Waals surface area (Å²) in [5.41, 5.74) is 0.777. The van der Waals surface area contributed by atoms with Gasteiger partial charge in [-0.05, 0) is 19.0 Å². The molecule has 21 heavy (non-hydrogen) atoms. The number of benzene rings is 1. The largest absolute Gasteiger partial charge is 0.385 e. The van der Waals surface area contributed by atoms with Crippen LogP contribution in [-0.2, 0) is 16.1 Å². The van der Waals surface area contributed by atoms with Crippen molar-refractivity contribution in [3.05, 3.63) is 35.9 Å². The fraction of sp³-hybridized carbons (Fsp3) is 0.500. The van der Waals surface area contributed by atoms with E-state index in [4.69, 9.17) is 0 Å². The molecule has 5 nitrogen and oxygen atoms in total. The van der Waals surface area contributed by atoms with Crippen molar-refractivity contribution >= 4 is 5.91 Å². The number of likely N-dealkylation sites (N-methyl/N-ethyl adjacent to an activating group) is 1. The van der Waals surface area contributed by atoms with Gasteiger partial charge in [0.15, 0.2) is 0 Å². The van der Waals surface area contributed by atoms with Crippen LogP contribution >= 0.6 is 0 Å². The zero-order chi connectivity index (χ0) is 16.0. The van der Waals surface area contributed by atoms with Crippen LogP contribution in [0.25, 0.3) is 0 Å². The second-order valence-corrected chi connectivity index (χ2v) is 4.64. The fourth-order valence-electron chi connectivity index (χ4n) is 1.91. The third-order valence-corrected chi connectivity index (χ3v) is 3.27. The molecule has 7 heteroatoms. The van der Waals surface area contributed by atoms with E-state index in [0.717, 1.165) is 19.7 Å². The van der Waals surface area contributed by atoms with Crippen LogP contribution in [0.2, 0.25) is 0 Å². The predicted molar refractivity (Wildman–Crippen MR) is 73.7 cm³/mol. The predicted octanol–water partition coefficient (Wildman–Crippen LogP) is 0.833. The van der Waals surface area contributed by atoms with Gasteiger partial charge in [-0.1, -0.05) is 30.3 Å². The highest BCUT2D eigenvalue weighted by Crippen LogP contribution is 2.25. The standard InChI is InChI=1S/C14H20F2N2O3/c1-17-11(9-10-7-5-4-6-8-10)12(19)14(15,16)13(20)18(2)21-3/h4-8,11-12,17,19H,9H2,1-3H3/t11-,12?/m0/s1. The lowest BCUT2D eigenvalue weighted by Gasteiger charge is -2.30. The number of hydrogen-bond acceptors (Lipinski definition) is 4. The first kappa shape index (κ1) is 17.5. The summed E-state index contributed by atoms with van der Waals surface area (Å²) in [6, 6.07) is 7.90. The van der Waals surface area contributed by atoms with Gasteiger partial charge < -0.3 is 10.4 Å². The quantitative estimate of drug-likeness (QED) is 0.733. The summed E-state index contributed by atoms with van der Waals surface area (Å²) in [7, 11) is 3.62. The number of aliphatic hydroxyl groups excluding tert-OH is 1. The van der Waals surface area contributed by atoms with Crippen LogP contribution in [0, 0.1) is 0 Å². The van der Waals surface area contributed by atoms with Crippen LogP contribution in [-0.4, -0.2) is 55.4 Å². The third-order valence-electron chi connectivity index (χ3n) is 3.27. The van der Waals surface area contributed by atoms with Crippen molar-refractivity contribution in [1.82, 2.24) is 10.4 Å². The Hall–Kier alpha value is -1.57. The van der Waals surface area contributed by atoms with E-state index in [0.29, 0.717) is 5.06 Å². The Kier molecular flexibility index (Phi) is 6.19. The number of nitrogens with zero attached hydrogens (tertiary/aromatic N) is 1. The lowest BCUT2D eigenvalue weighted by molar-refractivity contribution is -0.209. The van der Waals surface area contributed by atoms with Gasteiger partial charge in [0.25, 0.3) is 0 Å². The molecule has 0 spiro atoms. The van der Waals surface area contributed by atoms with Gasteiger partial charge in [-0.15, -0.1) is 0 Å². The maximum atomic E-state index is 14.0. The third kappa shape index (κ3) is 4.20. The Labute approximate surface area is 122 Å². The van der Waals surface area contributed by atoms with Crippen molar-refractivity contribution in [3.63, 3.8) is 0 Å². The van der Waals surface area contributed by atoms with Gasteiger partial charge >= 0.3 is 11.8 Å². The Morgan fingerprint density at radius 2 is 2.00 bits per heavy atom. The number of carbonyl (C=O) groups is 1. The Morgan fingerprint density at radius 3 is 2.48 bits per heavy atom. The van der Waals surface area contributed by atoms with Crippen LogP contribution in [0.1, 0.15) is 5.56 Å². The van der Waals surface area contributed by atoms with Crippen molar-refractivity contribution < 1.29 is 23.5 Å². The first-order chi connectivity index (χ1) is 9.84. The molecule has 1 aromatic carbocycles. The number of aliphatic hydroxyl groups is 1. The average molecular weight is 302 g/mol. The molecule has 1 rings (SSSR count). The van der Waals surface area contributed by atoms with Crippen LogP contribution in [0.5, 0.6) is 0 Å².